The van der Waals surface area contributed by atoms with Gasteiger partial charge in [0.05, 0.1) is 0 Å². The van der Waals surface area contributed by atoms with Crippen LogP contribution in [0.5, 0.6) is 0 Å². The van der Waals surface area contributed by atoms with E-state index in [9.17, 15) is 0 Å². The second-order valence-electron chi connectivity index (χ2n) is 17.8. The molecule has 8 heteroatoms. The van der Waals surface area contributed by atoms with Gasteiger partial charge in [0.2, 0.25) is 0 Å². The van der Waals surface area contributed by atoms with Crippen molar-refractivity contribution in [3.63, 3.8) is 0 Å². The molecule has 2 aliphatic heterocycles. The van der Waals surface area contributed by atoms with Crippen LogP contribution in [0.4, 0.5) is 11.4 Å². The van der Waals surface area contributed by atoms with E-state index in [1.165, 1.54) is 42.4 Å². The van der Waals surface area contributed by atoms with Crippen LogP contribution in [-0.4, -0.2) is 33.4 Å². The first-order valence-electron chi connectivity index (χ1n) is 21.8. The summed E-state index contributed by atoms with van der Waals surface area (Å²) in [6.07, 6.45) is 15.4. The molecule has 319 valence electrons. The Hall–Kier alpha value is -6.35. The molecule has 3 aromatic heterocycles. The molecule has 0 amide bonds. The van der Waals surface area contributed by atoms with Gasteiger partial charge in [-0.05, 0) is 135 Å². The van der Waals surface area contributed by atoms with Crippen molar-refractivity contribution in [1.29, 1.82) is 0 Å². The van der Waals surface area contributed by atoms with Crippen molar-refractivity contribution in [2.24, 2.45) is 12.5 Å². The smallest absolute Gasteiger partial charge is 0.510 e. The summed E-state index contributed by atoms with van der Waals surface area (Å²) in [6.45, 7) is 8.88. The summed E-state index contributed by atoms with van der Waals surface area (Å²) in [4.78, 5) is 13.2. The zero-order chi connectivity index (χ0) is 43.1. The van der Waals surface area contributed by atoms with Gasteiger partial charge in [-0.1, -0.05) is 86.4 Å². The van der Waals surface area contributed by atoms with Crippen molar-refractivity contribution in [2.45, 2.75) is 45.4 Å². The maximum atomic E-state index is 6.13. The molecule has 0 spiro atoms. The first-order valence-corrected chi connectivity index (χ1v) is 21.8. The second kappa shape index (κ2) is 18.0. The molecule has 3 aliphatic rings. The average Bonchev–Trinajstić information content (AvgIpc) is 4.13. The molecule has 0 unspecified atom stereocenters. The van der Waals surface area contributed by atoms with Gasteiger partial charge < -0.3 is 33.6 Å². The zero-order valence-electron chi connectivity index (χ0n) is 36.9. The van der Waals surface area contributed by atoms with Crippen LogP contribution in [0.3, 0.4) is 0 Å². The third kappa shape index (κ3) is 9.03. The Morgan fingerprint density at radius 2 is 1.27 bits per heavy atom. The minimum absolute atomic E-state index is 0. The third-order valence-electron chi connectivity index (χ3n) is 12.6. The number of anilines is 2. The monoisotopic (exact) mass is 1020 g/mol. The van der Waals surface area contributed by atoms with Crippen molar-refractivity contribution in [3.05, 3.63) is 189 Å². The van der Waals surface area contributed by atoms with E-state index in [4.69, 9.17) is 9.40 Å². The van der Waals surface area contributed by atoms with Gasteiger partial charge in [-0.25, -0.2) is 0 Å². The van der Waals surface area contributed by atoms with E-state index in [2.05, 4.69) is 125 Å². The largest absolute Gasteiger partial charge is 5.00 e. The van der Waals surface area contributed by atoms with E-state index in [1.807, 2.05) is 118 Å². The molecular weight excluding hydrogens is 963 g/mol. The summed E-state index contributed by atoms with van der Waals surface area (Å²) in [5.41, 5.74) is 14.2. The number of benzene rings is 5. The number of hydrogen-bond acceptors (Lipinski definition) is 6. The molecule has 8 aromatic rings. The molecule has 7 nitrogen and oxygen atoms in total. The third-order valence-corrected chi connectivity index (χ3v) is 12.6. The summed E-state index contributed by atoms with van der Waals surface area (Å²) < 4.78 is 8.19. The molecular formula is C56H51N6OOs. The first kappa shape index (κ1) is 42.9. The van der Waals surface area contributed by atoms with E-state index >= 15 is 0 Å². The maximum Gasteiger partial charge on any atom is 5.00 e. The number of fused-ring (bicyclic) bond motifs is 3. The molecule has 1 saturated carbocycles. The zero-order valence-corrected chi connectivity index (χ0v) is 39.5. The Morgan fingerprint density at radius 3 is 1.91 bits per heavy atom. The van der Waals surface area contributed by atoms with Gasteiger partial charge >= 0.3 is 19.8 Å². The molecule has 11 rings (SSSR count). The van der Waals surface area contributed by atoms with Crippen LogP contribution < -0.4 is 9.80 Å². The molecule has 64 heavy (non-hydrogen) atoms. The minimum Gasteiger partial charge on any atom is -0.510 e. The quantitative estimate of drug-likeness (QED) is 0.148. The van der Waals surface area contributed by atoms with Gasteiger partial charge in [0.1, 0.15) is 11.2 Å². The number of para-hydroxylation sites is 1. The molecule has 0 bridgehead atoms. The van der Waals surface area contributed by atoms with Crippen LogP contribution >= 0.6 is 0 Å². The van der Waals surface area contributed by atoms with Crippen LogP contribution in [0.1, 0.15) is 51.0 Å². The standard InChI is InChI=1S/C30H30N2.C26H21N4O.Os/c1-30(2)17-15-24(16-18-30)22-11-13-23(14-12-22)26-20-27(25-8-5-4-6-9-25)31-28(21-26)29-10-7-19-32(29)3;1-27-9-11-29(17-27)21-13-20(14-22(16-21)30-12-10-28(2)18-30)19-7-8-24-23-5-3-4-6-25(23)31-26(24)15-19;/h4-8,11-14,19-21,24H,15-18H2,1-3H3;3-15,17-18H,1-2H3;/q-2;-3;+5. The normalized spacial score (nSPS) is 15.8. The number of rotatable bonds is 7. The number of furan rings is 1. The SMILES string of the molecule is CN1C=CN(c2[c-]c(N3C=CN(C)[CH-]3)cc(-c3ccc4c(c3)oc3ccccc34)c2)[CH-]1.Cn1cc[c-]c1-c1cc(-c2ccc(C3CCC(C)(C)CC3)cc2)cc(-c2[c-]cccc2)n1.[Os+5]. The van der Waals surface area contributed by atoms with E-state index in [0.29, 0.717) is 11.3 Å². The van der Waals surface area contributed by atoms with Crippen LogP contribution in [0.25, 0.3) is 66.8 Å². The Bertz CT molecular complexity index is 2910. The van der Waals surface area contributed by atoms with Crippen molar-refractivity contribution < 1.29 is 24.2 Å². The van der Waals surface area contributed by atoms with Crippen LogP contribution in [0.15, 0.2) is 157 Å². The Balaban J connectivity index is 0.000000160. The van der Waals surface area contributed by atoms with Crippen LogP contribution in [0.2, 0.25) is 0 Å². The minimum atomic E-state index is 0. The van der Waals surface area contributed by atoms with E-state index in [1.54, 1.807) is 0 Å². The summed E-state index contributed by atoms with van der Waals surface area (Å²) >= 11 is 0. The average molecular weight is 1010 g/mol. The van der Waals surface area contributed by atoms with Crippen molar-refractivity contribution in [2.75, 3.05) is 23.9 Å². The van der Waals surface area contributed by atoms with Gasteiger partial charge in [0.25, 0.3) is 0 Å². The molecule has 1 fully saturated rings. The molecule has 5 aromatic carbocycles. The predicted octanol–water partition coefficient (Wildman–Crippen LogP) is 13.4. The Morgan fingerprint density at radius 1 is 0.625 bits per heavy atom. The number of nitrogens with zero attached hydrogens (tertiary/aromatic N) is 6. The topological polar surface area (TPSA) is 43.9 Å². The number of hydrogen-bond donors (Lipinski definition) is 0. The van der Waals surface area contributed by atoms with Crippen molar-refractivity contribution >= 4 is 33.3 Å². The molecule has 0 atom stereocenters. The van der Waals surface area contributed by atoms with Gasteiger partial charge in [-0.3, -0.25) is 0 Å². The van der Waals surface area contributed by atoms with E-state index in [-0.39, 0.29) is 19.8 Å². The molecule has 1 radical (unpaired) electrons. The second-order valence-corrected chi connectivity index (χ2v) is 17.8. The van der Waals surface area contributed by atoms with Gasteiger partial charge in [0.15, 0.2) is 0 Å². The van der Waals surface area contributed by atoms with Crippen molar-refractivity contribution in [3.8, 4) is 44.9 Å². The summed E-state index contributed by atoms with van der Waals surface area (Å²) in [5, 5.41) is 2.28. The van der Waals surface area contributed by atoms with Gasteiger partial charge in [-0.2, -0.15) is 25.5 Å². The van der Waals surface area contributed by atoms with Gasteiger partial charge in [-0.15, -0.1) is 71.0 Å². The number of aryl methyl sites for hydroxylation is 1. The summed E-state index contributed by atoms with van der Waals surface area (Å²) in [5.74, 6) is 0.692. The van der Waals surface area contributed by atoms with Gasteiger partial charge in [0, 0.05) is 10.8 Å². The molecule has 1 aliphatic carbocycles. The molecule has 0 N–H and O–H groups in total. The van der Waals surface area contributed by atoms with Crippen LogP contribution in [-0.2, 0) is 26.8 Å². The fourth-order valence-corrected chi connectivity index (χ4v) is 8.92. The fraction of sp³-hybridized carbons (Fsp3) is 0.196. The molecule has 0 saturated heterocycles. The van der Waals surface area contributed by atoms with Crippen LogP contribution in [0, 0.1) is 37.0 Å². The number of pyridine rings is 1. The Kier molecular flexibility index (Phi) is 12.1. The summed E-state index contributed by atoms with van der Waals surface area (Å²) in [7, 11) is 6.07. The summed E-state index contributed by atoms with van der Waals surface area (Å²) in [6, 6.07) is 52.7. The first-order chi connectivity index (χ1) is 30.6. The van der Waals surface area contributed by atoms with E-state index < -0.39 is 0 Å². The van der Waals surface area contributed by atoms with Crippen molar-refractivity contribution in [1.82, 2.24) is 19.4 Å². The number of aromatic nitrogens is 2. The fourth-order valence-electron chi connectivity index (χ4n) is 8.92. The predicted molar refractivity (Wildman–Crippen MR) is 258 cm³/mol. The Labute approximate surface area is 391 Å². The maximum absolute atomic E-state index is 6.13. The molecule has 5 heterocycles. The van der Waals surface area contributed by atoms with E-state index in [0.717, 1.165) is 67.1 Å².